The van der Waals surface area contributed by atoms with Gasteiger partial charge in [-0.25, -0.2) is 14.5 Å². The Balaban J connectivity index is 3.54. The van der Waals surface area contributed by atoms with Gasteiger partial charge in [0, 0.05) is 18.4 Å². The molecule has 0 unspecified atom stereocenters. The molecule has 0 aliphatic carbocycles. The summed E-state index contributed by atoms with van der Waals surface area (Å²) in [6, 6.07) is 0. The van der Waals surface area contributed by atoms with Gasteiger partial charge in [0.15, 0.2) is 5.54 Å². The third-order valence-corrected chi connectivity index (χ3v) is 4.82. The van der Waals surface area contributed by atoms with Crippen LogP contribution in [0.5, 0.6) is 0 Å². The van der Waals surface area contributed by atoms with Gasteiger partial charge in [0.05, 0.1) is 20.6 Å². The Labute approximate surface area is 158 Å². The number of amides is 2. The molecule has 1 aliphatic rings. The van der Waals surface area contributed by atoms with E-state index in [0.29, 0.717) is 4.90 Å². The van der Waals surface area contributed by atoms with Crippen molar-refractivity contribution in [2.24, 2.45) is 17.8 Å². The van der Waals surface area contributed by atoms with Crippen molar-refractivity contribution in [1.82, 2.24) is 4.90 Å². The summed E-state index contributed by atoms with van der Waals surface area (Å²) in [6.45, 7) is 7.47. The highest BCUT2D eigenvalue weighted by Gasteiger charge is 2.65. The Kier molecular flexibility index (Phi) is 6.99. The molecule has 4 atom stereocenters. The first-order valence-corrected chi connectivity index (χ1v) is 8.68. The number of likely N-dealkylation sites (tertiary alicyclic amines) is 1. The van der Waals surface area contributed by atoms with Crippen LogP contribution in [0.25, 0.3) is 0 Å². The summed E-state index contributed by atoms with van der Waals surface area (Å²) in [6.07, 6.45) is -1.31. The molecule has 1 N–H and O–H groups in total. The van der Waals surface area contributed by atoms with E-state index >= 15 is 0 Å². The zero-order valence-corrected chi connectivity index (χ0v) is 16.9. The van der Waals surface area contributed by atoms with Crippen molar-refractivity contribution in [3.63, 3.8) is 0 Å². The average Bonchev–Trinajstić information content (AvgIpc) is 2.79. The first-order valence-electron chi connectivity index (χ1n) is 8.68. The van der Waals surface area contributed by atoms with E-state index in [4.69, 9.17) is 14.2 Å². The molecule has 154 valence electrons. The lowest BCUT2D eigenvalue weighted by Crippen LogP contribution is -2.57. The number of carbonyl (C=O) groups is 4. The lowest BCUT2D eigenvalue weighted by atomic mass is 9.74. The van der Waals surface area contributed by atoms with Gasteiger partial charge in [-0.1, -0.05) is 6.92 Å². The fourth-order valence-electron chi connectivity index (χ4n) is 3.44. The summed E-state index contributed by atoms with van der Waals surface area (Å²) in [7, 11) is 2.31. The van der Waals surface area contributed by atoms with Crippen LogP contribution in [0.2, 0.25) is 0 Å². The largest absolute Gasteiger partial charge is 0.469 e. The number of esters is 2. The van der Waals surface area contributed by atoms with Crippen LogP contribution in [0.1, 0.15) is 41.0 Å². The molecule has 0 aromatic rings. The predicted octanol–water partition coefficient (Wildman–Crippen LogP) is 1.12. The van der Waals surface area contributed by atoms with Crippen molar-refractivity contribution in [3.05, 3.63) is 0 Å². The Hall–Kier alpha value is -2.16. The van der Waals surface area contributed by atoms with Crippen molar-refractivity contribution < 1.29 is 38.5 Å². The summed E-state index contributed by atoms with van der Waals surface area (Å²) in [4.78, 5) is 51.2. The zero-order chi connectivity index (χ0) is 21.2. The maximum Gasteiger partial charge on any atom is 0.418 e. The smallest absolute Gasteiger partial charge is 0.418 e. The third-order valence-electron chi connectivity index (χ3n) is 4.82. The maximum absolute atomic E-state index is 13.1. The van der Waals surface area contributed by atoms with Gasteiger partial charge in [0.2, 0.25) is 5.91 Å². The van der Waals surface area contributed by atoms with E-state index in [2.05, 4.69) is 0 Å². The number of methoxy groups -OCH3 is 2. The second-order valence-corrected chi connectivity index (χ2v) is 7.87. The Morgan fingerprint density at radius 1 is 1.22 bits per heavy atom. The van der Waals surface area contributed by atoms with Crippen molar-refractivity contribution in [2.45, 2.75) is 52.2 Å². The van der Waals surface area contributed by atoms with Gasteiger partial charge < -0.3 is 19.3 Å². The highest BCUT2D eigenvalue weighted by atomic mass is 16.6. The SMILES string of the molecule is COC(=O)C[C@H]1[C@@H]([C@@H](C)CO)C(=O)N(C(=O)OC(C)(C)C)[C@]1(C)C(=O)OC. The number of carbonyl (C=O) groups excluding carboxylic acids is 4. The molecule has 1 rings (SSSR count). The minimum absolute atomic E-state index is 0.303. The van der Waals surface area contributed by atoms with Gasteiger partial charge in [-0.2, -0.15) is 0 Å². The molecule has 0 aromatic heterocycles. The van der Waals surface area contributed by atoms with Gasteiger partial charge in [0.1, 0.15) is 5.60 Å². The summed E-state index contributed by atoms with van der Waals surface area (Å²) in [5, 5.41) is 9.58. The number of ether oxygens (including phenoxy) is 3. The second-order valence-electron chi connectivity index (χ2n) is 7.87. The van der Waals surface area contributed by atoms with E-state index in [-0.39, 0.29) is 13.0 Å². The fourth-order valence-corrected chi connectivity index (χ4v) is 3.44. The van der Waals surface area contributed by atoms with Crippen molar-refractivity contribution in [2.75, 3.05) is 20.8 Å². The second kappa shape index (κ2) is 8.24. The fraction of sp³-hybridized carbons (Fsp3) is 0.778. The summed E-state index contributed by atoms with van der Waals surface area (Å²) in [5.74, 6) is -4.73. The summed E-state index contributed by atoms with van der Waals surface area (Å²) >= 11 is 0. The molecule has 0 bridgehead atoms. The van der Waals surface area contributed by atoms with E-state index in [1.54, 1.807) is 27.7 Å². The van der Waals surface area contributed by atoms with Gasteiger partial charge in [-0.3, -0.25) is 9.59 Å². The lowest BCUT2D eigenvalue weighted by Gasteiger charge is -2.36. The number of aliphatic hydroxyl groups is 1. The first-order chi connectivity index (χ1) is 12.3. The Bertz CT molecular complexity index is 611. The van der Waals surface area contributed by atoms with Gasteiger partial charge >= 0.3 is 18.0 Å². The van der Waals surface area contributed by atoms with E-state index in [0.717, 1.165) is 7.11 Å². The minimum atomic E-state index is -1.78. The molecule has 0 saturated carbocycles. The van der Waals surface area contributed by atoms with E-state index in [1.807, 2.05) is 0 Å². The number of nitrogens with zero attached hydrogens (tertiary/aromatic N) is 1. The van der Waals surface area contributed by atoms with Gasteiger partial charge in [0.25, 0.3) is 0 Å². The van der Waals surface area contributed by atoms with Crippen LogP contribution in [0.4, 0.5) is 4.79 Å². The molecule has 27 heavy (non-hydrogen) atoms. The molecule has 1 saturated heterocycles. The van der Waals surface area contributed by atoms with Crippen molar-refractivity contribution in [1.29, 1.82) is 0 Å². The highest BCUT2D eigenvalue weighted by molar-refractivity contribution is 6.04. The Morgan fingerprint density at radius 2 is 1.78 bits per heavy atom. The van der Waals surface area contributed by atoms with Crippen LogP contribution in [-0.2, 0) is 28.6 Å². The predicted molar refractivity (Wildman–Crippen MR) is 93.4 cm³/mol. The highest BCUT2D eigenvalue weighted by Crippen LogP contribution is 2.46. The number of imide groups is 1. The molecule has 9 nitrogen and oxygen atoms in total. The topological polar surface area (TPSA) is 119 Å². The normalized spacial score (nSPS) is 26.5. The summed E-state index contributed by atoms with van der Waals surface area (Å²) < 4.78 is 14.8. The molecule has 2 amide bonds. The first kappa shape index (κ1) is 22.9. The molecular weight excluding hydrogens is 358 g/mol. The molecule has 0 radical (unpaired) electrons. The molecule has 1 heterocycles. The number of aliphatic hydroxyl groups excluding tert-OH is 1. The van der Waals surface area contributed by atoms with Crippen molar-refractivity contribution >= 4 is 23.9 Å². The van der Waals surface area contributed by atoms with Crippen LogP contribution in [0.15, 0.2) is 0 Å². The average molecular weight is 387 g/mol. The number of rotatable bonds is 5. The molecule has 1 fully saturated rings. The van der Waals surface area contributed by atoms with Crippen LogP contribution in [0.3, 0.4) is 0 Å². The molecule has 9 heteroatoms. The minimum Gasteiger partial charge on any atom is -0.469 e. The van der Waals surface area contributed by atoms with Crippen LogP contribution >= 0.6 is 0 Å². The lowest BCUT2D eigenvalue weighted by molar-refractivity contribution is -0.158. The van der Waals surface area contributed by atoms with Crippen molar-refractivity contribution in [3.8, 4) is 0 Å². The van der Waals surface area contributed by atoms with Crippen LogP contribution in [0, 0.1) is 17.8 Å². The van der Waals surface area contributed by atoms with Crippen LogP contribution < -0.4 is 0 Å². The Morgan fingerprint density at radius 3 is 2.19 bits per heavy atom. The standard InChI is InChI=1S/C18H29NO8/c1-10(9-20)13-11(8-12(21)25-6)18(5,15(23)26-7)19(14(13)22)16(24)27-17(2,3)4/h10-11,13,20H,8-9H2,1-7H3/t10-,11-,13+,18-/m0/s1. The maximum atomic E-state index is 13.1. The number of hydrogen-bond donors (Lipinski definition) is 1. The summed E-state index contributed by atoms with van der Waals surface area (Å²) in [5.41, 5.74) is -2.69. The quantitative estimate of drug-likeness (QED) is 0.550. The van der Waals surface area contributed by atoms with E-state index in [1.165, 1.54) is 14.0 Å². The molecule has 0 aromatic carbocycles. The van der Waals surface area contributed by atoms with Crippen LogP contribution in [-0.4, -0.2) is 65.9 Å². The van der Waals surface area contributed by atoms with Gasteiger partial charge in [-0.05, 0) is 33.6 Å². The monoisotopic (exact) mass is 387 g/mol. The number of hydrogen-bond acceptors (Lipinski definition) is 8. The van der Waals surface area contributed by atoms with E-state index in [9.17, 15) is 24.3 Å². The van der Waals surface area contributed by atoms with E-state index < -0.39 is 52.8 Å². The third kappa shape index (κ3) is 4.40. The zero-order valence-electron chi connectivity index (χ0n) is 16.9. The van der Waals surface area contributed by atoms with Gasteiger partial charge in [-0.15, -0.1) is 0 Å². The molecule has 1 aliphatic heterocycles. The molecular formula is C18H29NO8. The molecule has 0 spiro atoms.